The first-order valence-electron chi connectivity index (χ1n) is 13.0. The maximum absolute atomic E-state index is 13.7. The number of rotatable bonds is 7. The first-order valence-corrected chi connectivity index (χ1v) is 13.4. The third-order valence-corrected chi connectivity index (χ3v) is 7.45. The SMILES string of the molecule is CC(C)CN(Cc1cc(Cl)c2c(c1)OCCCO2)C(=O)[C@@H]1CCN(Cc2cccc3c2ccn3C)C1. The third kappa shape index (κ3) is 5.35. The highest BCUT2D eigenvalue weighted by molar-refractivity contribution is 6.32. The quantitative estimate of drug-likeness (QED) is 0.422. The lowest BCUT2D eigenvalue weighted by atomic mass is 10.0. The van der Waals surface area contributed by atoms with Crippen LogP contribution in [0.15, 0.2) is 42.6 Å². The average molecular weight is 510 g/mol. The number of amides is 1. The number of ether oxygens (including phenoxy) is 2. The van der Waals surface area contributed by atoms with Gasteiger partial charge in [-0.3, -0.25) is 9.69 Å². The maximum atomic E-state index is 13.7. The summed E-state index contributed by atoms with van der Waals surface area (Å²) in [5.41, 5.74) is 3.54. The number of carbonyl (C=O) groups is 1. The molecule has 0 saturated carbocycles. The highest BCUT2D eigenvalue weighted by Gasteiger charge is 2.32. The Morgan fingerprint density at radius 2 is 2.03 bits per heavy atom. The molecule has 0 N–H and O–H groups in total. The number of aryl methyl sites for hydroxylation is 1. The highest BCUT2D eigenvalue weighted by atomic mass is 35.5. The summed E-state index contributed by atoms with van der Waals surface area (Å²) in [6, 6.07) is 12.6. The molecule has 2 aliphatic heterocycles. The molecular weight excluding hydrogens is 474 g/mol. The molecule has 0 unspecified atom stereocenters. The number of nitrogens with zero attached hydrogens (tertiary/aromatic N) is 3. The minimum absolute atomic E-state index is 0.00890. The Balaban J connectivity index is 1.28. The molecule has 3 heterocycles. The molecule has 2 aromatic carbocycles. The molecule has 1 amide bonds. The van der Waals surface area contributed by atoms with E-state index in [9.17, 15) is 4.79 Å². The summed E-state index contributed by atoms with van der Waals surface area (Å²) in [5.74, 6) is 1.90. The first-order chi connectivity index (χ1) is 17.4. The van der Waals surface area contributed by atoms with E-state index in [1.54, 1.807) is 0 Å². The monoisotopic (exact) mass is 509 g/mol. The molecule has 1 aromatic heterocycles. The van der Waals surface area contributed by atoms with Crippen molar-refractivity contribution in [3.8, 4) is 11.5 Å². The van der Waals surface area contributed by atoms with Crippen molar-refractivity contribution in [2.24, 2.45) is 18.9 Å². The van der Waals surface area contributed by atoms with Gasteiger partial charge in [-0.25, -0.2) is 0 Å². The lowest BCUT2D eigenvalue weighted by Gasteiger charge is -2.28. The molecule has 0 spiro atoms. The maximum Gasteiger partial charge on any atom is 0.227 e. The van der Waals surface area contributed by atoms with Crippen molar-refractivity contribution in [2.45, 2.75) is 39.8 Å². The second-order valence-electron chi connectivity index (χ2n) is 10.6. The fraction of sp³-hybridized carbons (Fsp3) is 0.483. The number of carbonyl (C=O) groups excluding carboxylic acids is 1. The predicted octanol–water partition coefficient (Wildman–Crippen LogP) is 5.50. The second-order valence-corrected chi connectivity index (χ2v) is 11.0. The zero-order valence-electron chi connectivity index (χ0n) is 21.5. The van der Waals surface area contributed by atoms with Gasteiger partial charge in [-0.15, -0.1) is 0 Å². The zero-order chi connectivity index (χ0) is 25.2. The molecular formula is C29H36ClN3O3. The Kier molecular flexibility index (Phi) is 7.44. The van der Waals surface area contributed by atoms with Crippen LogP contribution in [0.3, 0.4) is 0 Å². The van der Waals surface area contributed by atoms with Crippen molar-refractivity contribution >= 4 is 28.4 Å². The van der Waals surface area contributed by atoms with Gasteiger partial charge in [-0.2, -0.15) is 0 Å². The number of fused-ring (bicyclic) bond motifs is 2. The summed E-state index contributed by atoms with van der Waals surface area (Å²) in [6.45, 7) is 9.34. The molecule has 36 heavy (non-hydrogen) atoms. The minimum atomic E-state index is 0.00890. The lowest BCUT2D eigenvalue weighted by molar-refractivity contribution is -0.136. The zero-order valence-corrected chi connectivity index (χ0v) is 22.3. The van der Waals surface area contributed by atoms with Crippen molar-refractivity contribution in [1.29, 1.82) is 0 Å². The topological polar surface area (TPSA) is 46.9 Å². The fourth-order valence-electron chi connectivity index (χ4n) is 5.45. The smallest absolute Gasteiger partial charge is 0.227 e. The van der Waals surface area contributed by atoms with Gasteiger partial charge in [-0.05, 0) is 54.3 Å². The van der Waals surface area contributed by atoms with Gasteiger partial charge in [0.25, 0.3) is 0 Å². The fourth-order valence-corrected chi connectivity index (χ4v) is 5.74. The summed E-state index contributed by atoms with van der Waals surface area (Å²) < 4.78 is 13.8. The van der Waals surface area contributed by atoms with Gasteiger partial charge >= 0.3 is 0 Å². The Morgan fingerprint density at radius 1 is 1.19 bits per heavy atom. The van der Waals surface area contributed by atoms with Crippen molar-refractivity contribution < 1.29 is 14.3 Å². The average Bonchev–Trinajstić information content (AvgIpc) is 3.38. The van der Waals surface area contributed by atoms with Crippen LogP contribution in [-0.2, 0) is 24.9 Å². The van der Waals surface area contributed by atoms with E-state index in [0.29, 0.717) is 48.7 Å². The molecule has 3 aromatic rings. The van der Waals surface area contributed by atoms with E-state index in [1.807, 2.05) is 17.0 Å². The number of likely N-dealkylation sites (tertiary alicyclic amines) is 1. The van der Waals surface area contributed by atoms with Crippen molar-refractivity contribution in [3.63, 3.8) is 0 Å². The van der Waals surface area contributed by atoms with E-state index in [-0.39, 0.29) is 11.8 Å². The summed E-state index contributed by atoms with van der Waals surface area (Å²) >= 11 is 6.54. The third-order valence-electron chi connectivity index (χ3n) is 7.17. The van der Waals surface area contributed by atoms with Gasteiger partial charge in [0.2, 0.25) is 5.91 Å². The Bertz CT molecular complexity index is 1240. The van der Waals surface area contributed by atoms with Crippen LogP contribution in [0.4, 0.5) is 0 Å². The number of halogens is 1. The van der Waals surface area contributed by atoms with Crippen LogP contribution in [0.2, 0.25) is 5.02 Å². The molecule has 0 radical (unpaired) electrons. The van der Waals surface area contributed by atoms with Gasteiger partial charge in [0, 0.05) is 56.7 Å². The number of hydrogen-bond acceptors (Lipinski definition) is 4. The minimum Gasteiger partial charge on any atom is -0.489 e. The molecule has 0 bridgehead atoms. The van der Waals surface area contributed by atoms with Gasteiger partial charge in [0.1, 0.15) is 0 Å². The van der Waals surface area contributed by atoms with E-state index < -0.39 is 0 Å². The van der Waals surface area contributed by atoms with E-state index in [4.69, 9.17) is 21.1 Å². The van der Waals surface area contributed by atoms with Gasteiger partial charge in [0.05, 0.1) is 24.2 Å². The largest absolute Gasteiger partial charge is 0.489 e. The molecule has 192 valence electrons. The molecule has 1 fully saturated rings. The van der Waals surface area contributed by atoms with Crippen LogP contribution >= 0.6 is 11.6 Å². The Labute approximate surface area is 218 Å². The number of hydrogen-bond donors (Lipinski definition) is 0. The summed E-state index contributed by atoms with van der Waals surface area (Å²) in [6.07, 6.45) is 3.83. The summed E-state index contributed by atoms with van der Waals surface area (Å²) in [7, 11) is 2.08. The first kappa shape index (κ1) is 25.0. The molecule has 0 aliphatic carbocycles. The molecule has 2 aliphatic rings. The van der Waals surface area contributed by atoms with Crippen LogP contribution in [0.1, 0.15) is 37.8 Å². The summed E-state index contributed by atoms with van der Waals surface area (Å²) in [5, 5.41) is 1.84. The van der Waals surface area contributed by atoms with Crippen LogP contribution in [0, 0.1) is 11.8 Å². The van der Waals surface area contributed by atoms with Gasteiger partial charge in [-0.1, -0.05) is 37.6 Å². The Hall–Kier alpha value is -2.70. The molecule has 1 atom stereocenters. The highest BCUT2D eigenvalue weighted by Crippen LogP contribution is 2.38. The standard InChI is InChI=1S/C29H36ClN3O3/c1-20(2)16-33(17-21-14-25(30)28-27(15-21)35-12-5-13-36-28)29(34)23-8-11-32(19-23)18-22-6-4-7-26-24(22)9-10-31(26)3/h4,6-7,9-10,14-15,20,23H,5,8,11-13,16-19H2,1-3H3/t23-/m1/s1. The van der Waals surface area contributed by atoms with E-state index in [1.165, 1.54) is 16.5 Å². The van der Waals surface area contributed by atoms with Crippen LogP contribution in [0.5, 0.6) is 11.5 Å². The molecule has 5 rings (SSSR count). The van der Waals surface area contributed by atoms with Crippen molar-refractivity contribution in [1.82, 2.24) is 14.4 Å². The molecule has 7 heteroatoms. The van der Waals surface area contributed by atoms with Gasteiger partial charge < -0.3 is 18.9 Å². The predicted molar refractivity (Wildman–Crippen MR) is 144 cm³/mol. The van der Waals surface area contributed by atoms with Crippen molar-refractivity contribution in [2.75, 3.05) is 32.8 Å². The number of aromatic nitrogens is 1. The van der Waals surface area contributed by atoms with Crippen LogP contribution < -0.4 is 9.47 Å². The van der Waals surface area contributed by atoms with Crippen LogP contribution in [0.25, 0.3) is 10.9 Å². The second kappa shape index (κ2) is 10.7. The molecule has 6 nitrogen and oxygen atoms in total. The lowest BCUT2D eigenvalue weighted by Crippen LogP contribution is -2.39. The Morgan fingerprint density at radius 3 is 2.86 bits per heavy atom. The van der Waals surface area contributed by atoms with Gasteiger partial charge in [0.15, 0.2) is 11.5 Å². The van der Waals surface area contributed by atoms with Crippen LogP contribution in [-0.4, -0.2) is 53.1 Å². The van der Waals surface area contributed by atoms with E-state index in [2.05, 4.69) is 60.8 Å². The normalized spacial score (nSPS) is 18.1. The van der Waals surface area contributed by atoms with Crippen molar-refractivity contribution in [3.05, 3.63) is 58.7 Å². The van der Waals surface area contributed by atoms with E-state index in [0.717, 1.165) is 38.0 Å². The van der Waals surface area contributed by atoms with E-state index >= 15 is 0 Å². The number of benzene rings is 2. The summed E-state index contributed by atoms with van der Waals surface area (Å²) in [4.78, 5) is 18.2. The molecule has 1 saturated heterocycles.